The van der Waals surface area contributed by atoms with Crippen LogP contribution in [0.1, 0.15) is 29.4 Å². The highest BCUT2D eigenvalue weighted by molar-refractivity contribution is 5.79. The van der Waals surface area contributed by atoms with Crippen LogP contribution in [0.4, 0.5) is 0 Å². The monoisotopic (exact) mass is 419 g/mol. The van der Waals surface area contributed by atoms with Gasteiger partial charge in [-0.3, -0.25) is 4.99 Å². The van der Waals surface area contributed by atoms with Gasteiger partial charge in [0.05, 0.1) is 7.11 Å². The van der Waals surface area contributed by atoms with Crippen molar-refractivity contribution in [1.82, 2.24) is 20.2 Å². The van der Waals surface area contributed by atoms with Crippen molar-refractivity contribution in [3.63, 3.8) is 0 Å². The van der Waals surface area contributed by atoms with Gasteiger partial charge in [0.15, 0.2) is 5.96 Å². The van der Waals surface area contributed by atoms with E-state index in [4.69, 9.17) is 9.73 Å². The van der Waals surface area contributed by atoms with Gasteiger partial charge in [-0.2, -0.15) is 0 Å². The molecule has 0 amide bonds. The molecule has 3 rings (SSSR count). The van der Waals surface area contributed by atoms with Gasteiger partial charge in [-0.25, -0.2) is 4.98 Å². The first-order valence-electron chi connectivity index (χ1n) is 10.9. The van der Waals surface area contributed by atoms with Crippen LogP contribution in [0.5, 0.6) is 5.75 Å². The summed E-state index contributed by atoms with van der Waals surface area (Å²) in [5, 5.41) is 6.75. The number of guanidine groups is 1. The van der Waals surface area contributed by atoms with Gasteiger partial charge < -0.3 is 19.9 Å². The van der Waals surface area contributed by atoms with E-state index in [0.29, 0.717) is 6.54 Å². The van der Waals surface area contributed by atoms with Gasteiger partial charge in [0, 0.05) is 45.0 Å². The van der Waals surface area contributed by atoms with Crippen LogP contribution in [0.2, 0.25) is 0 Å². The highest BCUT2D eigenvalue weighted by atomic mass is 16.5. The molecule has 0 unspecified atom stereocenters. The summed E-state index contributed by atoms with van der Waals surface area (Å²) in [7, 11) is 1.72. The molecular weight excluding hydrogens is 386 g/mol. The minimum absolute atomic E-state index is 0.675. The fourth-order valence-electron chi connectivity index (χ4n) is 3.52. The summed E-state index contributed by atoms with van der Waals surface area (Å²) < 4.78 is 7.67. The quantitative estimate of drug-likeness (QED) is 0.389. The van der Waals surface area contributed by atoms with E-state index in [9.17, 15) is 0 Å². The molecule has 2 N–H and O–H groups in total. The number of nitrogens with zero attached hydrogens (tertiary/aromatic N) is 3. The molecule has 1 aromatic heterocycles. The molecule has 164 valence electrons. The number of aromatic nitrogens is 2. The number of hydrogen-bond donors (Lipinski definition) is 2. The van der Waals surface area contributed by atoms with Crippen molar-refractivity contribution in [2.24, 2.45) is 4.99 Å². The second-order valence-electron chi connectivity index (χ2n) is 7.46. The Hall–Kier alpha value is -3.28. The van der Waals surface area contributed by atoms with Crippen LogP contribution in [0.3, 0.4) is 0 Å². The summed E-state index contributed by atoms with van der Waals surface area (Å²) in [4.78, 5) is 9.26. The van der Waals surface area contributed by atoms with Gasteiger partial charge in [-0.1, -0.05) is 48.0 Å². The van der Waals surface area contributed by atoms with Crippen molar-refractivity contribution >= 4 is 5.96 Å². The zero-order valence-corrected chi connectivity index (χ0v) is 18.8. The van der Waals surface area contributed by atoms with Crippen molar-refractivity contribution in [2.45, 2.75) is 33.2 Å². The SMILES string of the molecule is CCNC(=NCCc1nccn1Cc1ccccc1)NCCc1cc(C)ccc1OC. The normalized spacial score (nSPS) is 11.4. The average molecular weight is 420 g/mol. The number of imidazole rings is 1. The minimum atomic E-state index is 0.675. The maximum absolute atomic E-state index is 5.48. The Morgan fingerprint density at radius 1 is 1.10 bits per heavy atom. The fraction of sp³-hybridized carbons (Fsp3) is 0.360. The molecule has 0 aliphatic rings. The Labute approximate surface area is 185 Å². The van der Waals surface area contributed by atoms with E-state index in [1.807, 2.05) is 24.5 Å². The molecule has 0 bridgehead atoms. The molecular formula is C25H33N5O. The third kappa shape index (κ3) is 6.88. The molecule has 2 aromatic carbocycles. The number of aliphatic imine (C=N–C) groups is 1. The van der Waals surface area contributed by atoms with E-state index >= 15 is 0 Å². The molecule has 6 nitrogen and oxygen atoms in total. The van der Waals surface area contributed by atoms with E-state index in [2.05, 4.69) is 70.4 Å². The Kier molecular flexibility index (Phi) is 8.52. The predicted octanol–water partition coefficient (Wildman–Crippen LogP) is 3.59. The third-order valence-electron chi connectivity index (χ3n) is 5.07. The number of ether oxygens (including phenoxy) is 1. The molecule has 0 spiro atoms. The lowest BCUT2D eigenvalue weighted by atomic mass is 10.1. The fourth-order valence-corrected chi connectivity index (χ4v) is 3.52. The van der Waals surface area contributed by atoms with Crippen LogP contribution in [0.15, 0.2) is 65.9 Å². The maximum Gasteiger partial charge on any atom is 0.191 e. The highest BCUT2D eigenvalue weighted by Gasteiger charge is 2.06. The van der Waals surface area contributed by atoms with E-state index < -0.39 is 0 Å². The molecule has 0 saturated heterocycles. The molecule has 3 aromatic rings. The van der Waals surface area contributed by atoms with Crippen LogP contribution >= 0.6 is 0 Å². The first-order chi connectivity index (χ1) is 15.2. The highest BCUT2D eigenvalue weighted by Crippen LogP contribution is 2.19. The summed E-state index contributed by atoms with van der Waals surface area (Å²) in [5.41, 5.74) is 3.71. The summed E-state index contributed by atoms with van der Waals surface area (Å²) in [5.74, 6) is 2.81. The topological polar surface area (TPSA) is 63.5 Å². The van der Waals surface area contributed by atoms with E-state index in [1.54, 1.807) is 7.11 Å². The van der Waals surface area contributed by atoms with Crippen molar-refractivity contribution in [3.05, 3.63) is 83.4 Å². The first kappa shape index (κ1) is 22.4. The molecule has 0 fully saturated rings. The molecule has 0 radical (unpaired) electrons. The second-order valence-corrected chi connectivity index (χ2v) is 7.46. The van der Waals surface area contributed by atoms with Crippen molar-refractivity contribution in [3.8, 4) is 5.75 Å². The summed E-state index contributed by atoms with van der Waals surface area (Å²) in [6.45, 7) is 7.29. The number of nitrogens with one attached hydrogen (secondary N) is 2. The number of hydrogen-bond acceptors (Lipinski definition) is 3. The lowest BCUT2D eigenvalue weighted by molar-refractivity contribution is 0.409. The van der Waals surface area contributed by atoms with Crippen LogP contribution in [0.25, 0.3) is 0 Å². The Morgan fingerprint density at radius 3 is 2.71 bits per heavy atom. The first-order valence-corrected chi connectivity index (χ1v) is 10.9. The van der Waals surface area contributed by atoms with Crippen molar-refractivity contribution < 1.29 is 4.74 Å². The number of rotatable bonds is 10. The van der Waals surface area contributed by atoms with E-state index in [-0.39, 0.29) is 0 Å². The number of methoxy groups -OCH3 is 1. The van der Waals surface area contributed by atoms with Gasteiger partial charge in [0.1, 0.15) is 11.6 Å². The second kappa shape index (κ2) is 11.8. The Balaban J connectivity index is 1.54. The largest absolute Gasteiger partial charge is 0.496 e. The molecule has 0 aliphatic heterocycles. The van der Waals surface area contributed by atoms with Gasteiger partial charge in [0.25, 0.3) is 0 Å². The average Bonchev–Trinajstić information content (AvgIpc) is 3.21. The minimum Gasteiger partial charge on any atom is -0.496 e. The predicted molar refractivity (Wildman–Crippen MR) is 127 cm³/mol. The van der Waals surface area contributed by atoms with E-state index in [1.165, 1.54) is 16.7 Å². The Morgan fingerprint density at radius 2 is 1.94 bits per heavy atom. The van der Waals surface area contributed by atoms with Gasteiger partial charge in [-0.05, 0) is 37.5 Å². The van der Waals surface area contributed by atoms with E-state index in [0.717, 1.165) is 50.0 Å². The zero-order chi connectivity index (χ0) is 21.9. The number of benzene rings is 2. The van der Waals surface area contributed by atoms with Crippen LogP contribution in [0, 0.1) is 6.92 Å². The summed E-state index contributed by atoms with van der Waals surface area (Å²) in [6, 6.07) is 16.7. The summed E-state index contributed by atoms with van der Waals surface area (Å²) >= 11 is 0. The van der Waals surface area contributed by atoms with Gasteiger partial charge >= 0.3 is 0 Å². The smallest absolute Gasteiger partial charge is 0.191 e. The van der Waals surface area contributed by atoms with Crippen LogP contribution < -0.4 is 15.4 Å². The van der Waals surface area contributed by atoms with Gasteiger partial charge in [0.2, 0.25) is 0 Å². The summed E-state index contributed by atoms with van der Waals surface area (Å²) in [6.07, 6.45) is 5.56. The molecule has 0 atom stereocenters. The lowest BCUT2D eigenvalue weighted by Crippen LogP contribution is -2.38. The van der Waals surface area contributed by atoms with Crippen molar-refractivity contribution in [2.75, 3.05) is 26.7 Å². The molecule has 31 heavy (non-hydrogen) atoms. The van der Waals surface area contributed by atoms with Crippen molar-refractivity contribution in [1.29, 1.82) is 0 Å². The van der Waals surface area contributed by atoms with Gasteiger partial charge in [-0.15, -0.1) is 0 Å². The third-order valence-corrected chi connectivity index (χ3v) is 5.07. The molecule has 6 heteroatoms. The molecule has 0 aliphatic carbocycles. The molecule has 1 heterocycles. The number of aryl methyl sites for hydroxylation is 1. The van der Waals surface area contributed by atoms with Crippen LogP contribution in [-0.2, 0) is 19.4 Å². The lowest BCUT2D eigenvalue weighted by Gasteiger charge is -2.13. The van der Waals surface area contributed by atoms with Crippen LogP contribution in [-0.4, -0.2) is 42.3 Å². The Bertz CT molecular complexity index is 965. The standard InChI is InChI=1S/C25H33N5O/c1-4-26-25(28-14-12-22-18-20(2)10-11-23(22)31-3)29-15-13-24-27-16-17-30(24)19-21-8-6-5-7-9-21/h5-11,16-18H,4,12-15,19H2,1-3H3,(H2,26,28,29). The molecule has 0 saturated carbocycles. The zero-order valence-electron chi connectivity index (χ0n) is 18.8. The maximum atomic E-state index is 5.48.